The van der Waals surface area contributed by atoms with Crippen molar-refractivity contribution in [1.82, 2.24) is 4.90 Å². The summed E-state index contributed by atoms with van der Waals surface area (Å²) in [5, 5.41) is 0. The summed E-state index contributed by atoms with van der Waals surface area (Å²) in [5.41, 5.74) is 1.80. The van der Waals surface area contributed by atoms with Gasteiger partial charge in [-0.15, -0.1) is 3.89 Å². The summed E-state index contributed by atoms with van der Waals surface area (Å²) in [7, 11) is -0.638. The van der Waals surface area contributed by atoms with Crippen LogP contribution in [0.5, 0.6) is 0 Å². The zero-order valence-corrected chi connectivity index (χ0v) is 12.9. The molecular weight excluding hydrogens is 295 g/mol. The molecule has 0 N–H and O–H groups in total. The van der Waals surface area contributed by atoms with Gasteiger partial charge < -0.3 is 9.80 Å². The number of carbonyl (C=O) groups is 1. The van der Waals surface area contributed by atoms with Crippen LogP contribution < -0.4 is 4.90 Å². The van der Waals surface area contributed by atoms with Crippen molar-refractivity contribution in [2.45, 2.75) is 13.0 Å². The lowest BCUT2D eigenvalue weighted by molar-refractivity contribution is -0.117. The summed E-state index contributed by atoms with van der Waals surface area (Å²) in [6.45, 7) is 0.992. The second-order valence-corrected chi connectivity index (χ2v) is 7.10. The van der Waals surface area contributed by atoms with E-state index in [0.29, 0.717) is 0 Å². The molecule has 1 atom stereocenters. The summed E-state index contributed by atoms with van der Waals surface area (Å²) >= 11 is 0. The summed E-state index contributed by atoms with van der Waals surface area (Å²) in [6, 6.07) is 7.54. The topological polar surface area (TPSA) is 57.7 Å². The van der Waals surface area contributed by atoms with Gasteiger partial charge in [0.1, 0.15) is 0 Å². The number of hydrogen-bond acceptors (Lipinski definition) is 4. The molecule has 0 radical (unpaired) electrons. The second-order valence-electron chi connectivity index (χ2n) is 5.69. The van der Waals surface area contributed by atoms with E-state index in [1.807, 2.05) is 43.3 Å². The highest BCUT2D eigenvalue weighted by atomic mass is 32.3. The predicted molar refractivity (Wildman–Crippen MR) is 79.2 cm³/mol. The molecule has 1 fully saturated rings. The Labute approximate surface area is 124 Å². The molecule has 1 aliphatic rings. The molecule has 21 heavy (non-hydrogen) atoms. The van der Waals surface area contributed by atoms with Crippen molar-refractivity contribution in [3.8, 4) is 0 Å². The molecular formula is C14H19FN2O3S. The van der Waals surface area contributed by atoms with Crippen LogP contribution in [0, 0.1) is 5.92 Å². The molecule has 1 aliphatic heterocycles. The molecule has 116 valence electrons. The minimum absolute atomic E-state index is 0.0705. The molecule has 0 spiro atoms. The van der Waals surface area contributed by atoms with Gasteiger partial charge in [0.15, 0.2) is 0 Å². The molecule has 0 saturated carbocycles. The Morgan fingerprint density at radius 1 is 1.38 bits per heavy atom. The lowest BCUT2D eigenvalue weighted by atomic mass is 10.1. The maximum absolute atomic E-state index is 12.7. The molecule has 1 saturated heterocycles. The van der Waals surface area contributed by atoms with E-state index >= 15 is 0 Å². The van der Waals surface area contributed by atoms with Crippen LogP contribution in [0.3, 0.4) is 0 Å². The maximum atomic E-state index is 12.7. The number of rotatable bonds is 5. The Hall–Kier alpha value is -1.47. The first-order valence-electron chi connectivity index (χ1n) is 6.71. The number of nitrogens with zero attached hydrogens (tertiary/aromatic N) is 2. The second kappa shape index (κ2) is 6.11. The number of carbonyl (C=O) groups excluding carboxylic acids is 1. The van der Waals surface area contributed by atoms with Crippen molar-refractivity contribution in [1.29, 1.82) is 0 Å². The van der Waals surface area contributed by atoms with Crippen molar-refractivity contribution in [3.05, 3.63) is 29.8 Å². The van der Waals surface area contributed by atoms with Crippen molar-refractivity contribution in [2.75, 3.05) is 31.3 Å². The summed E-state index contributed by atoms with van der Waals surface area (Å²) in [4.78, 5) is 15.6. The fourth-order valence-corrected chi connectivity index (χ4v) is 3.40. The minimum Gasteiger partial charge on any atom is -0.312 e. The van der Waals surface area contributed by atoms with Gasteiger partial charge in [0.25, 0.3) is 0 Å². The fraction of sp³-hybridized carbons (Fsp3) is 0.500. The van der Waals surface area contributed by atoms with Gasteiger partial charge in [0, 0.05) is 31.1 Å². The smallest absolute Gasteiger partial charge is 0.302 e. The average molecular weight is 314 g/mol. The highest BCUT2D eigenvalue weighted by Crippen LogP contribution is 2.27. The zero-order chi connectivity index (χ0) is 15.6. The number of hydrogen-bond donors (Lipinski definition) is 0. The normalized spacial score (nSPS) is 19.5. The zero-order valence-electron chi connectivity index (χ0n) is 12.1. The quantitative estimate of drug-likeness (QED) is 0.771. The van der Waals surface area contributed by atoms with E-state index in [0.717, 1.165) is 17.8 Å². The van der Waals surface area contributed by atoms with Gasteiger partial charge in [0.2, 0.25) is 5.91 Å². The van der Waals surface area contributed by atoms with Crippen molar-refractivity contribution >= 4 is 21.8 Å². The molecule has 1 heterocycles. The third-order valence-electron chi connectivity index (χ3n) is 3.36. The monoisotopic (exact) mass is 314 g/mol. The van der Waals surface area contributed by atoms with Crippen molar-refractivity contribution in [2.24, 2.45) is 5.92 Å². The summed E-state index contributed by atoms with van der Waals surface area (Å²) in [5.74, 6) is -1.23. The summed E-state index contributed by atoms with van der Waals surface area (Å²) in [6.07, 6.45) is 0.0705. The van der Waals surface area contributed by atoms with Crippen LogP contribution >= 0.6 is 0 Å². The molecule has 0 aromatic heterocycles. The molecule has 1 aromatic rings. The lowest BCUT2D eigenvalue weighted by Gasteiger charge is -2.18. The van der Waals surface area contributed by atoms with Crippen LogP contribution in [-0.4, -0.2) is 45.6 Å². The highest BCUT2D eigenvalue weighted by molar-refractivity contribution is 7.86. The van der Waals surface area contributed by atoms with Crippen LogP contribution in [0.1, 0.15) is 12.0 Å². The van der Waals surface area contributed by atoms with Gasteiger partial charge >= 0.3 is 10.2 Å². The van der Waals surface area contributed by atoms with E-state index in [1.54, 1.807) is 0 Å². The van der Waals surface area contributed by atoms with Gasteiger partial charge in [0.05, 0.1) is 5.75 Å². The molecule has 2 rings (SSSR count). The van der Waals surface area contributed by atoms with Gasteiger partial charge in [-0.25, -0.2) is 0 Å². The number of benzene rings is 1. The van der Waals surface area contributed by atoms with E-state index in [2.05, 4.69) is 0 Å². The highest BCUT2D eigenvalue weighted by Gasteiger charge is 2.33. The van der Waals surface area contributed by atoms with Crippen LogP contribution in [0.25, 0.3) is 0 Å². The van der Waals surface area contributed by atoms with Gasteiger partial charge in [-0.2, -0.15) is 8.42 Å². The van der Waals surface area contributed by atoms with Gasteiger partial charge in [-0.1, -0.05) is 12.1 Å². The standard InChI is InChI=1S/C14H19FN2O3S/c1-16(2)8-11-4-3-5-13(6-11)17-9-12(7-14(17)18)10-21(15,19)20/h3-6,12H,7-10H2,1-2H3. The van der Waals surface area contributed by atoms with E-state index in [9.17, 15) is 17.1 Å². The molecule has 7 heteroatoms. The fourth-order valence-electron chi connectivity index (χ4n) is 2.61. The number of amides is 1. The molecule has 1 aromatic carbocycles. The largest absolute Gasteiger partial charge is 0.312 e. The Morgan fingerprint density at radius 2 is 2.10 bits per heavy atom. The SMILES string of the molecule is CN(C)Cc1cccc(N2CC(CS(=O)(=O)F)CC2=O)c1. The Kier molecular flexibility index (Phi) is 4.63. The van der Waals surface area contributed by atoms with Crippen molar-refractivity contribution in [3.63, 3.8) is 0 Å². The first kappa shape index (κ1) is 15.9. The van der Waals surface area contributed by atoms with E-state index in [4.69, 9.17) is 0 Å². The van der Waals surface area contributed by atoms with Crippen LogP contribution in [0.4, 0.5) is 9.57 Å². The van der Waals surface area contributed by atoms with Gasteiger partial charge in [-0.05, 0) is 31.8 Å². The third-order valence-corrected chi connectivity index (χ3v) is 4.23. The molecule has 1 unspecified atom stereocenters. The molecule has 0 aliphatic carbocycles. The molecule has 1 amide bonds. The van der Waals surface area contributed by atoms with Crippen LogP contribution in [0.15, 0.2) is 24.3 Å². The van der Waals surface area contributed by atoms with Crippen LogP contribution in [-0.2, 0) is 21.6 Å². The number of halogens is 1. The van der Waals surface area contributed by atoms with Crippen molar-refractivity contribution < 1.29 is 17.1 Å². The first-order valence-corrected chi connectivity index (χ1v) is 8.26. The Bertz CT molecular complexity index is 631. The minimum atomic E-state index is -4.55. The maximum Gasteiger partial charge on any atom is 0.302 e. The third kappa shape index (κ3) is 4.50. The Morgan fingerprint density at radius 3 is 2.71 bits per heavy atom. The lowest BCUT2D eigenvalue weighted by Crippen LogP contribution is -2.25. The van der Waals surface area contributed by atoms with E-state index < -0.39 is 21.9 Å². The Balaban J connectivity index is 2.13. The van der Waals surface area contributed by atoms with E-state index in [-0.39, 0.29) is 18.9 Å². The summed E-state index contributed by atoms with van der Waals surface area (Å²) < 4.78 is 34.2. The van der Waals surface area contributed by atoms with Crippen LogP contribution in [0.2, 0.25) is 0 Å². The average Bonchev–Trinajstić information content (AvgIpc) is 2.67. The first-order chi connectivity index (χ1) is 9.74. The number of anilines is 1. The predicted octanol–water partition coefficient (Wildman–Crippen LogP) is 1.40. The molecule has 5 nitrogen and oxygen atoms in total. The van der Waals surface area contributed by atoms with E-state index in [1.165, 1.54) is 4.90 Å². The molecule has 0 bridgehead atoms. The van der Waals surface area contributed by atoms with Gasteiger partial charge in [-0.3, -0.25) is 4.79 Å².